The van der Waals surface area contributed by atoms with Crippen molar-refractivity contribution in [2.45, 2.75) is 20.0 Å². The smallest absolute Gasteiger partial charge is 0.321 e. The van der Waals surface area contributed by atoms with E-state index in [0.29, 0.717) is 10.6 Å². The van der Waals surface area contributed by atoms with Crippen molar-refractivity contribution < 1.29 is 18.0 Å². The number of benzene rings is 2. The molecule has 0 unspecified atom stereocenters. The molecule has 1 heterocycles. The Morgan fingerprint density at radius 1 is 1.13 bits per heavy atom. The van der Waals surface area contributed by atoms with E-state index in [4.69, 9.17) is 11.6 Å². The summed E-state index contributed by atoms with van der Waals surface area (Å²) in [4.78, 5) is 12.5. The molecule has 0 saturated heterocycles. The molecule has 0 aliphatic rings. The number of carbonyl (C=O) groups is 1. The van der Waals surface area contributed by atoms with Crippen molar-refractivity contribution in [1.29, 1.82) is 5.26 Å². The quantitative estimate of drug-likeness (QED) is 0.379. The number of rotatable bonds is 4. The lowest BCUT2D eigenvalue weighted by molar-refractivity contribution is -0.137. The molecule has 0 saturated carbocycles. The third-order valence-electron chi connectivity index (χ3n) is 4.67. The topological polar surface area (TPSA) is 57.8 Å². The number of alkyl halides is 3. The van der Waals surface area contributed by atoms with Crippen LogP contribution in [0.5, 0.6) is 0 Å². The molecular formula is C23H17ClF3N3O. The lowest BCUT2D eigenvalue weighted by atomic mass is 10.1. The van der Waals surface area contributed by atoms with E-state index in [-0.39, 0.29) is 11.3 Å². The highest BCUT2D eigenvalue weighted by Crippen LogP contribution is 2.31. The van der Waals surface area contributed by atoms with Crippen molar-refractivity contribution in [2.75, 3.05) is 5.32 Å². The molecule has 3 rings (SSSR count). The Balaban J connectivity index is 1.90. The zero-order valence-electron chi connectivity index (χ0n) is 16.6. The summed E-state index contributed by atoms with van der Waals surface area (Å²) < 4.78 is 40.6. The van der Waals surface area contributed by atoms with Crippen LogP contribution in [0.2, 0.25) is 5.02 Å². The van der Waals surface area contributed by atoms with Crippen LogP contribution in [0.3, 0.4) is 0 Å². The predicted molar refractivity (Wildman–Crippen MR) is 114 cm³/mol. The summed E-state index contributed by atoms with van der Waals surface area (Å²) in [7, 11) is 0. The van der Waals surface area contributed by atoms with Crippen LogP contribution in [0.1, 0.15) is 22.5 Å². The van der Waals surface area contributed by atoms with E-state index in [2.05, 4.69) is 5.32 Å². The maximum absolute atomic E-state index is 12.9. The third-order valence-corrected chi connectivity index (χ3v) is 4.92. The minimum Gasteiger partial charge on any atom is -0.321 e. The number of anilines is 1. The molecule has 1 aromatic heterocycles. The van der Waals surface area contributed by atoms with Gasteiger partial charge in [0.2, 0.25) is 0 Å². The molecule has 0 bridgehead atoms. The van der Waals surface area contributed by atoms with Crippen LogP contribution in [0, 0.1) is 25.2 Å². The van der Waals surface area contributed by atoms with Crippen molar-refractivity contribution in [1.82, 2.24) is 4.57 Å². The van der Waals surface area contributed by atoms with Gasteiger partial charge in [-0.25, -0.2) is 0 Å². The predicted octanol–water partition coefficient (Wildman–Crippen LogP) is 6.31. The molecule has 0 aliphatic carbocycles. The molecule has 31 heavy (non-hydrogen) atoms. The number of nitrogens with zero attached hydrogens (tertiary/aromatic N) is 2. The molecule has 0 fully saturated rings. The zero-order valence-corrected chi connectivity index (χ0v) is 17.3. The Bertz CT molecular complexity index is 1200. The number of aromatic nitrogens is 1. The largest absolute Gasteiger partial charge is 0.416 e. The Kier molecular flexibility index (Phi) is 6.23. The third kappa shape index (κ3) is 4.98. The second-order valence-electron chi connectivity index (χ2n) is 6.84. The first-order chi connectivity index (χ1) is 14.6. The molecule has 2 aromatic carbocycles. The highest BCUT2D eigenvalue weighted by atomic mass is 35.5. The van der Waals surface area contributed by atoms with Crippen LogP contribution in [-0.4, -0.2) is 10.5 Å². The van der Waals surface area contributed by atoms with Crippen molar-refractivity contribution in [2.24, 2.45) is 0 Å². The number of amides is 1. The van der Waals surface area contributed by atoms with Crippen LogP contribution < -0.4 is 5.32 Å². The number of aryl methyl sites for hydroxylation is 1. The van der Waals surface area contributed by atoms with Gasteiger partial charge in [-0.2, -0.15) is 18.4 Å². The Labute approximate surface area is 182 Å². The first-order valence-electron chi connectivity index (χ1n) is 9.15. The van der Waals surface area contributed by atoms with E-state index in [9.17, 15) is 23.2 Å². The van der Waals surface area contributed by atoms with Crippen LogP contribution in [0.4, 0.5) is 18.9 Å². The fraction of sp³-hybridized carbons (Fsp3) is 0.130. The van der Waals surface area contributed by atoms with E-state index < -0.39 is 17.6 Å². The van der Waals surface area contributed by atoms with Crippen LogP contribution in [0.25, 0.3) is 11.8 Å². The van der Waals surface area contributed by atoms with E-state index in [1.54, 1.807) is 12.1 Å². The van der Waals surface area contributed by atoms with Gasteiger partial charge in [-0.3, -0.25) is 4.79 Å². The van der Waals surface area contributed by atoms with Crippen LogP contribution >= 0.6 is 11.6 Å². The molecule has 0 atom stereocenters. The monoisotopic (exact) mass is 443 g/mol. The summed E-state index contributed by atoms with van der Waals surface area (Å²) >= 11 is 5.95. The highest BCUT2D eigenvalue weighted by Gasteiger charge is 2.30. The Hall–Kier alpha value is -3.50. The van der Waals surface area contributed by atoms with E-state index in [1.165, 1.54) is 18.2 Å². The van der Waals surface area contributed by atoms with Gasteiger partial charge in [-0.1, -0.05) is 17.7 Å². The molecule has 4 nitrogen and oxygen atoms in total. The summed E-state index contributed by atoms with van der Waals surface area (Å²) in [6.45, 7) is 3.72. The summed E-state index contributed by atoms with van der Waals surface area (Å²) in [6.07, 6.45) is -3.12. The lowest BCUT2D eigenvalue weighted by Gasteiger charge is -2.10. The number of halogens is 4. The van der Waals surface area contributed by atoms with Gasteiger partial charge in [-0.15, -0.1) is 0 Å². The summed E-state index contributed by atoms with van der Waals surface area (Å²) in [5.41, 5.74) is 2.01. The van der Waals surface area contributed by atoms with Gasteiger partial charge in [0.05, 0.1) is 5.56 Å². The fourth-order valence-corrected chi connectivity index (χ4v) is 3.32. The van der Waals surface area contributed by atoms with Crippen LogP contribution in [0.15, 0.2) is 60.2 Å². The van der Waals surface area contributed by atoms with Gasteiger partial charge >= 0.3 is 6.18 Å². The molecule has 0 aliphatic heterocycles. The average Bonchev–Trinajstić information content (AvgIpc) is 2.99. The first-order valence-corrected chi connectivity index (χ1v) is 9.53. The number of nitriles is 1. The average molecular weight is 444 g/mol. The number of nitrogens with one attached hydrogen (secondary N) is 1. The number of carbonyl (C=O) groups excluding carboxylic acids is 1. The normalized spacial score (nSPS) is 11.8. The standard InChI is InChI=1S/C23H17ClF3N3O/c1-14-10-16(15(2)30(14)21-8-6-19(24)7-9-21)11-17(13-28)22(31)29-20-5-3-4-18(12-20)23(25,26)27/h3-12H,1-2H3,(H,29,31). The minimum absolute atomic E-state index is 0.0485. The van der Waals surface area contributed by atoms with Crippen molar-refractivity contribution >= 4 is 29.3 Å². The SMILES string of the molecule is Cc1cc(C=C(C#N)C(=O)Nc2cccc(C(F)(F)F)c2)c(C)n1-c1ccc(Cl)cc1. The van der Waals surface area contributed by atoms with E-state index in [0.717, 1.165) is 29.2 Å². The highest BCUT2D eigenvalue weighted by molar-refractivity contribution is 6.30. The van der Waals surface area contributed by atoms with Gasteiger partial charge in [-0.05, 0) is 74.0 Å². The second kappa shape index (κ2) is 8.70. The molecule has 0 radical (unpaired) electrons. The molecule has 8 heteroatoms. The molecule has 3 aromatic rings. The van der Waals surface area contributed by atoms with Gasteiger partial charge in [0.1, 0.15) is 11.6 Å². The maximum Gasteiger partial charge on any atom is 0.416 e. The maximum atomic E-state index is 12.9. The van der Waals surface area contributed by atoms with Gasteiger partial charge in [0, 0.05) is 27.8 Å². The van der Waals surface area contributed by atoms with Gasteiger partial charge < -0.3 is 9.88 Å². The summed E-state index contributed by atoms with van der Waals surface area (Å²) in [5, 5.41) is 12.4. The Morgan fingerprint density at radius 2 is 1.81 bits per heavy atom. The first kappa shape index (κ1) is 22.2. The summed E-state index contributed by atoms with van der Waals surface area (Å²) in [6, 6.07) is 15.1. The van der Waals surface area contributed by atoms with Crippen LogP contribution in [-0.2, 0) is 11.0 Å². The van der Waals surface area contributed by atoms with Gasteiger partial charge in [0.25, 0.3) is 5.91 Å². The molecule has 158 valence electrons. The number of hydrogen-bond donors (Lipinski definition) is 1. The second-order valence-corrected chi connectivity index (χ2v) is 7.28. The summed E-state index contributed by atoms with van der Waals surface area (Å²) in [5.74, 6) is -0.793. The minimum atomic E-state index is -4.53. The zero-order chi connectivity index (χ0) is 22.8. The van der Waals surface area contributed by atoms with Gasteiger partial charge in [0.15, 0.2) is 0 Å². The molecule has 1 N–H and O–H groups in total. The lowest BCUT2D eigenvalue weighted by Crippen LogP contribution is -2.14. The fourth-order valence-electron chi connectivity index (χ4n) is 3.20. The van der Waals surface area contributed by atoms with E-state index in [1.807, 2.05) is 42.7 Å². The molecular weight excluding hydrogens is 427 g/mol. The Morgan fingerprint density at radius 3 is 2.42 bits per heavy atom. The molecule has 1 amide bonds. The number of hydrogen-bond acceptors (Lipinski definition) is 2. The van der Waals surface area contributed by atoms with Crippen molar-refractivity contribution in [3.05, 3.63) is 87.7 Å². The molecule has 0 spiro atoms. The van der Waals surface area contributed by atoms with Crippen molar-refractivity contribution in [3.63, 3.8) is 0 Å². The van der Waals surface area contributed by atoms with Crippen molar-refractivity contribution in [3.8, 4) is 11.8 Å². The van der Waals surface area contributed by atoms with E-state index >= 15 is 0 Å².